The molecule has 0 unspecified atom stereocenters. The number of hydrogen-bond acceptors (Lipinski definition) is 4. The molecule has 0 fully saturated rings. The van der Waals surface area contributed by atoms with Crippen molar-refractivity contribution < 1.29 is 31.5 Å². The molecule has 0 saturated heterocycles. The van der Waals surface area contributed by atoms with Crippen LogP contribution in [0.2, 0.25) is 0 Å². The second-order valence-corrected chi connectivity index (χ2v) is 7.42. The average molecular weight is 365 g/mol. The van der Waals surface area contributed by atoms with Crippen molar-refractivity contribution in [2.24, 2.45) is 0 Å². The number of carboxylic acid groups (broad SMARTS) is 1. The predicted octanol–water partition coefficient (Wildman–Crippen LogP) is 3.05. The van der Waals surface area contributed by atoms with Crippen molar-refractivity contribution in [3.8, 4) is 0 Å². The van der Waals surface area contributed by atoms with E-state index >= 15 is 0 Å². The van der Waals surface area contributed by atoms with Crippen molar-refractivity contribution >= 4 is 33.0 Å². The maximum Gasteiger partial charge on any atom is 0.416 e. The molecule has 0 aliphatic heterocycles. The average Bonchev–Trinajstić information content (AvgIpc) is 2.98. The number of halogens is 3. The number of nitrogens with zero attached hydrogens (tertiary/aromatic N) is 1. The Morgan fingerprint density at radius 1 is 1.22 bits per heavy atom. The van der Waals surface area contributed by atoms with Gasteiger partial charge in [-0.3, -0.25) is 9.10 Å². The molecule has 0 aliphatic carbocycles. The number of sulfonamides is 1. The van der Waals surface area contributed by atoms with Crippen LogP contribution in [0.3, 0.4) is 0 Å². The molecule has 1 aromatic heterocycles. The first-order valence-electron chi connectivity index (χ1n) is 6.07. The van der Waals surface area contributed by atoms with Gasteiger partial charge < -0.3 is 5.11 Å². The van der Waals surface area contributed by atoms with E-state index in [1.165, 1.54) is 17.5 Å². The molecule has 1 N–H and O–H groups in total. The van der Waals surface area contributed by atoms with Gasteiger partial charge in [0.2, 0.25) is 0 Å². The third kappa shape index (κ3) is 3.82. The Kier molecular flexibility index (Phi) is 4.66. The number of aliphatic carboxylic acids is 1. The highest BCUT2D eigenvalue weighted by molar-refractivity contribution is 7.94. The van der Waals surface area contributed by atoms with Crippen LogP contribution in [0.1, 0.15) is 5.56 Å². The highest BCUT2D eigenvalue weighted by Gasteiger charge is 2.33. The number of anilines is 1. The number of alkyl halides is 3. The zero-order chi connectivity index (χ0) is 17.3. The van der Waals surface area contributed by atoms with E-state index < -0.39 is 34.3 Å². The molecule has 5 nitrogen and oxygen atoms in total. The zero-order valence-electron chi connectivity index (χ0n) is 11.3. The summed E-state index contributed by atoms with van der Waals surface area (Å²) in [4.78, 5) is 11.0. The number of carboxylic acids is 1. The Labute approximate surface area is 133 Å². The first kappa shape index (κ1) is 17.3. The summed E-state index contributed by atoms with van der Waals surface area (Å²) < 4.78 is 63.6. The summed E-state index contributed by atoms with van der Waals surface area (Å²) in [5.74, 6) is -1.48. The van der Waals surface area contributed by atoms with E-state index in [9.17, 15) is 26.4 Å². The Hall–Kier alpha value is -2.07. The molecule has 2 rings (SSSR count). The Balaban J connectivity index is 2.54. The minimum Gasteiger partial charge on any atom is -0.480 e. The molecule has 0 aliphatic rings. The number of rotatable bonds is 5. The lowest BCUT2D eigenvalue weighted by Crippen LogP contribution is -2.35. The van der Waals surface area contributed by atoms with Crippen LogP contribution in [0.4, 0.5) is 18.9 Å². The van der Waals surface area contributed by atoms with E-state index in [1.807, 2.05) is 0 Å². The summed E-state index contributed by atoms with van der Waals surface area (Å²) in [6.07, 6.45) is -4.67. The van der Waals surface area contributed by atoms with Gasteiger partial charge in [0.25, 0.3) is 10.0 Å². The molecule has 2 aromatic rings. The fraction of sp³-hybridized carbons (Fsp3) is 0.154. The van der Waals surface area contributed by atoms with E-state index in [2.05, 4.69) is 0 Å². The first-order valence-corrected chi connectivity index (χ1v) is 8.39. The molecular weight excluding hydrogens is 355 g/mol. The van der Waals surface area contributed by atoms with Gasteiger partial charge in [-0.15, -0.1) is 11.3 Å². The van der Waals surface area contributed by atoms with Gasteiger partial charge in [-0.1, -0.05) is 12.1 Å². The molecule has 0 spiro atoms. The van der Waals surface area contributed by atoms with Gasteiger partial charge >= 0.3 is 12.1 Å². The second kappa shape index (κ2) is 6.20. The molecule has 1 aromatic carbocycles. The van der Waals surface area contributed by atoms with Gasteiger partial charge in [0.15, 0.2) is 0 Å². The summed E-state index contributed by atoms with van der Waals surface area (Å²) in [6, 6.07) is 6.22. The summed E-state index contributed by atoms with van der Waals surface area (Å²) in [6.45, 7) is -0.985. The van der Waals surface area contributed by atoms with Crippen LogP contribution >= 0.6 is 11.3 Å². The molecule has 23 heavy (non-hydrogen) atoms. The fourth-order valence-electron chi connectivity index (χ4n) is 1.79. The van der Waals surface area contributed by atoms with Gasteiger partial charge in [0, 0.05) is 0 Å². The normalized spacial score (nSPS) is 12.1. The van der Waals surface area contributed by atoms with E-state index in [0.29, 0.717) is 10.4 Å². The third-order valence-electron chi connectivity index (χ3n) is 2.78. The lowest BCUT2D eigenvalue weighted by Gasteiger charge is -2.22. The largest absolute Gasteiger partial charge is 0.480 e. The van der Waals surface area contributed by atoms with Crippen LogP contribution in [-0.4, -0.2) is 26.0 Å². The molecule has 10 heteroatoms. The van der Waals surface area contributed by atoms with Crippen molar-refractivity contribution in [3.05, 3.63) is 47.3 Å². The summed E-state index contributed by atoms with van der Waals surface area (Å²) in [7, 11) is -4.26. The molecule has 0 atom stereocenters. The predicted molar refractivity (Wildman–Crippen MR) is 77.9 cm³/mol. The summed E-state index contributed by atoms with van der Waals surface area (Å²) in [5, 5.41) is 10.4. The van der Waals surface area contributed by atoms with E-state index in [4.69, 9.17) is 5.11 Å². The van der Waals surface area contributed by atoms with Crippen molar-refractivity contribution in [2.75, 3.05) is 10.8 Å². The standard InChI is InChI=1S/C13H10F3NO4S2/c14-13(15,16)9-3-1-4-10(7-9)17(8-11(18)19)23(20,21)12-5-2-6-22-12/h1-7H,8H2,(H,18,19). The van der Waals surface area contributed by atoms with Crippen LogP contribution in [0.25, 0.3) is 0 Å². The van der Waals surface area contributed by atoms with Crippen LogP contribution in [0, 0.1) is 0 Å². The second-order valence-electron chi connectivity index (χ2n) is 4.39. The molecule has 1 heterocycles. The van der Waals surface area contributed by atoms with Gasteiger partial charge in [0.1, 0.15) is 10.8 Å². The fourth-order valence-corrected chi connectivity index (χ4v) is 4.30. The monoisotopic (exact) mass is 365 g/mol. The van der Waals surface area contributed by atoms with Crippen LogP contribution < -0.4 is 4.31 Å². The van der Waals surface area contributed by atoms with E-state index in [1.54, 1.807) is 0 Å². The highest BCUT2D eigenvalue weighted by atomic mass is 32.2. The lowest BCUT2D eigenvalue weighted by molar-refractivity contribution is -0.137. The van der Waals surface area contributed by atoms with Crippen LogP contribution in [0.5, 0.6) is 0 Å². The van der Waals surface area contributed by atoms with Crippen molar-refractivity contribution in [1.82, 2.24) is 0 Å². The highest BCUT2D eigenvalue weighted by Crippen LogP contribution is 2.33. The van der Waals surface area contributed by atoms with Crippen molar-refractivity contribution in [3.63, 3.8) is 0 Å². The smallest absolute Gasteiger partial charge is 0.416 e. The van der Waals surface area contributed by atoms with Crippen LogP contribution in [0.15, 0.2) is 46.0 Å². The van der Waals surface area contributed by atoms with Gasteiger partial charge in [-0.25, -0.2) is 8.42 Å². The summed E-state index contributed by atoms with van der Waals surface area (Å²) in [5.41, 5.74) is -1.43. The van der Waals surface area contributed by atoms with Crippen molar-refractivity contribution in [2.45, 2.75) is 10.4 Å². The molecule has 0 amide bonds. The lowest BCUT2D eigenvalue weighted by atomic mass is 10.2. The van der Waals surface area contributed by atoms with E-state index in [-0.39, 0.29) is 9.90 Å². The summed E-state index contributed by atoms with van der Waals surface area (Å²) >= 11 is 0.845. The van der Waals surface area contributed by atoms with Crippen LogP contribution in [-0.2, 0) is 21.0 Å². The molecular formula is C13H10F3NO4S2. The Morgan fingerprint density at radius 2 is 1.91 bits per heavy atom. The van der Waals surface area contributed by atoms with E-state index in [0.717, 1.165) is 29.5 Å². The molecule has 0 bridgehead atoms. The Morgan fingerprint density at radius 3 is 2.43 bits per heavy atom. The first-order chi connectivity index (χ1) is 10.6. The SMILES string of the molecule is O=C(O)CN(c1cccc(C(F)(F)F)c1)S(=O)(=O)c1cccs1. The van der Waals surface area contributed by atoms with Crippen molar-refractivity contribution in [1.29, 1.82) is 0 Å². The maximum absolute atomic E-state index is 12.8. The van der Waals surface area contributed by atoms with Gasteiger partial charge in [-0.2, -0.15) is 13.2 Å². The molecule has 0 radical (unpaired) electrons. The quantitative estimate of drug-likeness (QED) is 0.884. The number of carbonyl (C=O) groups is 1. The number of thiophene rings is 1. The number of benzene rings is 1. The third-order valence-corrected chi connectivity index (χ3v) is 5.93. The Bertz CT molecular complexity index is 801. The molecule has 124 valence electrons. The number of hydrogen-bond donors (Lipinski definition) is 1. The maximum atomic E-state index is 12.8. The minimum atomic E-state index is -4.67. The minimum absolute atomic E-state index is 0.156. The molecule has 0 saturated carbocycles. The van der Waals surface area contributed by atoms with Gasteiger partial charge in [0.05, 0.1) is 11.3 Å². The van der Waals surface area contributed by atoms with Gasteiger partial charge in [-0.05, 0) is 29.6 Å². The zero-order valence-corrected chi connectivity index (χ0v) is 13.0. The topological polar surface area (TPSA) is 74.7 Å².